The van der Waals surface area contributed by atoms with Crippen molar-refractivity contribution in [1.82, 2.24) is 25.2 Å². The second kappa shape index (κ2) is 11.1. The van der Waals surface area contributed by atoms with E-state index in [2.05, 4.69) is 20.3 Å². The van der Waals surface area contributed by atoms with E-state index < -0.39 is 24.2 Å². The highest BCUT2D eigenvalue weighted by atomic mass is 35.5. The summed E-state index contributed by atoms with van der Waals surface area (Å²) in [4.78, 5) is 27.0. The molecule has 0 bridgehead atoms. The molecule has 1 amide bonds. The number of carbonyl (C=O) groups excluding carboxylic acids is 1. The van der Waals surface area contributed by atoms with E-state index in [1.165, 1.54) is 23.8 Å². The van der Waals surface area contributed by atoms with E-state index in [0.717, 1.165) is 17.4 Å². The Morgan fingerprint density at radius 3 is 2.74 bits per heavy atom. The number of hydrogen-bond donors (Lipinski definition) is 1. The number of aromatic nitrogens is 3. The molecule has 12 heteroatoms. The van der Waals surface area contributed by atoms with Gasteiger partial charge in [0.1, 0.15) is 17.6 Å². The molecule has 1 aliphatic heterocycles. The molecule has 7 nitrogen and oxygen atoms in total. The van der Waals surface area contributed by atoms with Gasteiger partial charge in [-0.15, -0.1) is 11.3 Å². The van der Waals surface area contributed by atoms with Gasteiger partial charge in [-0.2, -0.15) is 0 Å². The summed E-state index contributed by atoms with van der Waals surface area (Å²) in [5, 5.41) is 2.64. The van der Waals surface area contributed by atoms with Crippen LogP contribution in [0.2, 0.25) is 5.02 Å². The average molecular weight is 512 g/mol. The van der Waals surface area contributed by atoms with Gasteiger partial charge in [-0.1, -0.05) is 17.7 Å². The van der Waals surface area contributed by atoms with Crippen molar-refractivity contribution in [2.24, 2.45) is 0 Å². The van der Waals surface area contributed by atoms with E-state index in [1.807, 2.05) is 4.90 Å². The number of amides is 1. The first-order valence-corrected chi connectivity index (χ1v) is 11.8. The third kappa shape index (κ3) is 5.65. The molecule has 1 aliphatic rings. The maximum Gasteiger partial charge on any atom is 0.281 e. The first kappa shape index (κ1) is 24.4. The minimum Gasteiger partial charge on any atom is -0.473 e. The fraction of sp³-hybridized carbons (Fsp3) is 0.364. The molecule has 0 radical (unpaired) electrons. The minimum absolute atomic E-state index is 0.0128. The topological polar surface area (TPSA) is 80.2 Å². The second-order valence-corrected chi connectivity index (χ2v) is 8.92. The lowest BCUT2D eigenvalue weighted by Gasteiger charge is -2.37. The zero-order valence-electron chi connectivity index (χ0n) is 17.8. The van der Waals surface area contributed by atoms with Crippen LogP contribution in [0.1, 0.15) is 46.2 Å². The number of carbonyl (C=O) groups is 1. The first-order valence-electron chi connectivity index (χ1n) is 10.5. The Balaban J connectivity index is 1.48. The van der Waals surface area contributed by atoms with Crippen LogP contribution in [0.15, 0.2) is 42.3 Å². The van der Waals surface area contributed by atoms with Crippen molar-refractivity contribution in [3.05, 3.63) is 69.3 Å². The molecule has 1 fully saturated rings. The fourth-order valence-electron chi connectivity index (χ4n) is 3.88. The van der Waals surface area contributed by atoms with E-state index in [1.54, 1.807) is 12.4 Å². The molecule has 180 valence electrons. The third-order valence-electron chi connectivity index (χ3n) is 5.52. The Bertz CT molecular complexity index is 1090. The van der Waals surface area contributed by atoms with Crippen LogP contribution in [0, 0.1) is 5.82 Å². The molecule has 34 heavy (non-hydrogen) atoms. The average Bonchev–Trinajstić information content (AvgIpc) is 3.31. The van der Waals surface area contributed by atoms with Gasteiger partial charge in [0.25, 0.3) is 12.3 Å². The number of nitrogens with zero attached hydrogens (tertiary/aromatic N) is 4. The Labute approximate surface area is 203 Å². The maximum absolute atomic E-state index is 14.2. The zero-order chi connectivity index (χ0) is 24.1. The minimum atomic E-state index is -2.75. The summed E-state index contributed by atoms with van der Waals surface area (Å²) < 4.78 is 47.2. The number of alkyl halides is 2. The summed E-state index contributed by atoms with van der Waals surface area (Å²) in [6.07, 6.45) is 3.03. The van der Waals surface area contributed by atoms with Crippen molar-refractivity contribution >= 4 is 28.8 Å². The van der Waals surface area contributed by atoms with E-state index in [9.17, 15) is 18.0 Å². The summed E-state index contributed by atoms with van der Waals surface area (Å²) in [5.74, 6) is -1.04. The molecule has 1 unspecified atom stereocenters. The third-order valence-corrected chi connectivity index (χ3v) is 6.78. The summed E-state index contributed by atoms with van der Waals surface area (Å²) >= 11 is 7.10. The van der Waals surface area contributed by atoms with Gasteiger partial charge in [0, 0.05) is 32.0 Å². The highest BCUT2D eigenvalue weighted by Crippen LogP contribution is 2.34. The van der Waals surface area contributed by atoms with Crippen LogP contribution < -0.4 is 10.1 Å². The van der Waals surface area contributed by atoms with Gasteiger partial charge in [-0.3, -0.25) is 14.7 Å². The van der Waals surface area contributed by atoms with Gasteiger partial charge in [-0.25, -0.2) is 23.1 Å². The Morgan fingerprint density at radius 2 is 2.06 bits per heavy atom. The molecule has 3 heterocycles. The van der Waals surface area contributed by atoms with Gasteiger partial charge in [0.2, 0.25) is 5.88 Å². The number of hydrogen-bond acceptors (Lipinski definition) is 7. The van der Waals surface area contributed by atoms with E-state index in [0.29, 0.717) is 36.7 Å². The van der Waals surface area contributed by atoms with Crippen LogP contribution in [0.5, 0.6) is 5.88 Å². The normalized spacial score (nSPS) is 15.9. The number of nitrogens with one attached hydrogen (secondary N) is 1. The van der Waals surface area contributed by atoms with Gasteiger partial charge in [0.15, 0.2) is 0 Å². The molecule has 4 rings (SSSR count). The van der Waals surface area contributed by atoms with Crippen molar-refractivity contribution in [1.29, 1.82) is 0 Å². The summed E-state index contributed by atoms with van der Waals surface area (Å²) in [5.41, 5.74) is 0.770. The SMILES string of the molecule is O=C(NCC(c1scnc1C(F)F)N1CCC(Oc2cnccn2)CC1)c1c(F)cccc1Cl. The summed E-state index contributed by atoms with van der Waals surface area (Å²) in [6.45, 7) is 1.06. The van der Waals surface area contributed by atoms with Gasteiger partial charge >= 0.3 is 0 Å². The van der Waals surface area contributed by atoms with Crippen LogP contribution in [0.25, 0.3) is 0 Å². The van der Waals surface area contributed by atoms with Crippen LogP contribution in [-0.4, -0.2) is 51.5 Å². The monoisotopic (exact) mass is 511 g/mol. The van der Waals surface area contributed by atoms with Crippen LogP contribution in [0.4, 0.5) is 13.2 Å². The molecule has 1 atom stereocenters. The lowest BCUT2D eigenvalue weighted by atomic mass is 10.0. The van der Waals surface area contributed by atoms with Crippen LogP contribution in [-0.2, 0) is 0 Å². The highest BCUT2D eigenvalue weighted by Gasteiger charge is 2.32. The van der Waals surface area contributed by atoms with Gasteiger partial charge in [-0.05, 0) is 25.0 Å². The Hall–Kier alpha value is -2.76. The molecular formula is C22H21ClF3N5O2S. The molecule has 0 spiro atoms. The number of rotatable bonds is 8. The van der Waals surface area contributed by atoms with E-state index in [-0.39, 0.29) is 28.9 Å². The van der Waals surface area contributed by atoms with Gasteiger partial charge in [0.05, 0.1) is 33.2 Å². The van der Waals surface area contributed by atoms with Crippen LogP contribution in [0.3, 0.4) is 0 Å². The van der Waals surface area contributed by atoms with Crippen molar-refractivity contribution in [3.8, 4) is 5.88 Å². The number of halogens is 4. The van der Waals surface area contributed by atoms with Crippen molar-refractivity contribution < 1.29 is 22.7 Å². The van der Waals surface area contributed by atoms with Crippen LogP contribution >= 0.6 is 22.9 Å². The second-order valence-electron chi connectivity index (χ2n) is 7.62. The summed E-state index contributed by atoms with van der Waals surface area (Å²) in [6, 6.07) is 3.38. The first-order chi connectivity index (χ1) is 16.4. The molecule has 0 saturated carbocycles. The standard InChI is InChI=1S/C22H21ClF3N5O2S/c23-14-2-1-3-15(24)18(14)22(32)29-10-16(20-19(21(25)26)30-12-34-20)31-8-4-13(5-9-31)33-17-11-27-6-7-28-17/h1-3,6-7,11-13,16,21H,4-5,8-10H2,(H,29,32). The lowest BCUT2D eigenvalue weighted by molar-refractivity contribution is 0.0679. The van der Waals surface area contributed by atoms with Crippen molar-refractivity contribution in [2.45, 2.75) is 31.4 Å². The van der Waals surface area contributed by atoms with E-state index >= 15 is 0 Å². The molecule has 1 aromatic carbocycles. The number of benzene rings is 1. The number of ether oxygens (including phenoxy) is 1. The molecule has 1 N–H and O–H groups in total. The molecule has 3 aromatic rings. The number of piperidine rings is 1. The predicted molar refractivity (Wildman–Crippen MR) is 121 cm³/mol. The van der Waals surface area contributed by atoms with Crippen molar-refractivity contribution in [2.75, 3.05) is 19.6 Å². The number of likely N-dealkylation sites (tertiary alicyclic amines) is 1. The van der Waals surface area contributed by atoms with Crippen molar-refractivity contribution in [3.63, 3.8) is 0 Å². The highest BCUT2D eigenvalue weighted by molar-refractivity contribution is 7.09. The Kier molecular flexibility index (Phi) is 7.96. The maximum atomic E-state index is 14.2. The largest absolute Gasteiger partial charge is 0.473 e. The molecule has 2 aromatic heterocycles. The van der Waals surface area contributed by atoms with E-state index in [4.69, 9.17) is 16.3 Å². The fourth-order valence-corrected chi connectivity index (χ4v) is 5.06. The quantitative estimate of drug-likeness (QED) is 0.473. The van der Waals surface area contributed by atoms with Gasteiger partial charge < -0.3 is 10.1 Å². The predicted octanol–water partition coefficient (Wildman–Crippen LogP) is 4.68. The molecule has 1 saturated heterocycles. The zero-order valence-corrected chi connectivity index (χ0v) is 19.4. The lowest BCUT2D eigenvalue weighted by Crippen LogP contribution is -2.44. The molecular weight excluding hydrogens is 491 g/mol. The number of thiazole rings is 1. The smallest absolute Gasteiger partial charge is 0.281 e. The molecule has 0 aliphatic carbocycles. The summed E-state index contributed by atoms with van der Waals surface area (Å²) in [7, 11) is 0. The Morgan fingerprint density at radius 1 is 1.26 bits per heavy atom.